The molecule has 0 aliphatic heterocycles. The van der Waals surface area contributed by atoms with E-state index in [4.69, 9.17) is 11.6 Å². The van der Waals surface area contributed by atoms with Crippen LogP contribution in [0.1, 0.15) is 32.9 Å². The molecular formula is C19H19ClN4O. The molecule has 0 aliphatic rings. The summed E-state index contributed by atoms with van der Waals surface area (Å²) in [7, 11) is 0. The molecule has 1 aromatic heterocycles. The lowest BCUT2D eigenvalue weighted by Gasteiger charge is -2.10. The number of hydrogen-bond acceptors (Lipinski definition) is 3. The number of amides is 1. The van der Waals surface area contributed by atoms with E-state index in [0.717, 1.165) is 28.1 Å². The van der Waals surface area contributed by atoms with E-state index in [1.165, 1.54) is 0 Å². The fraction of sp³-hybridized carbons (Fsp3) is 0.211. The maximum atomic E-state index is 12.6. The summed E-state index contributed by atoms with van der Waals surface area (Å²) in [6.45, 7) is 7.73. The van der Waals surface area contributed by atoms with Crippen LogP contribution in [0.3, 0.4) is 0 Å². The Bertz CT molecular complexity index is 962. The molecule has 2 aromatic carbocycles. The maximum absolute atomic E-state index is 12.6. The van der Waals surface area contributed by atoms with Crippen LogP contribution in [0.4, 0.5) is 5.69 Å². The Balaban J connectivity index is 1.91. The minimum Gasteiger partial charge on any atom is -0.320 e. The second-order valence-electron chi connectivity index (χ2n) is 6.07. The maximum Gasteiger partial charge on any atom is 0.278 e. The average Bonchev–Trinajstić information content (AvgIpc) is 2.96. The van der Waals surface area contributed by atoms with E-state index in [1.54, 1.807) is 4.68 Å². The molecule has 0 saturated carbocycles. The van der Waals surface area contributed by atoms with Crippen molar-refractivity contribution in [3.8, 4) is 5.69 Å². The molecular weight excluding hydrogens is 336 g/mol. The number of aromatic nitrogens is 3. The van der Waals surface area contributed by atoms with Gasteiger partial charge in [-0.25, -0.2) is 4.68 Å². The van der Waals surface area contributed by atoms with Crippen molar-refractivity contribution in [1.82, 2.24) is 15.0 Å². The summed E-state index contributed by atoms with van der Waals surface area (Å²) >= 11 is 6.18. The van der Waals surface area contributed by atoms with Crippen LogP contribution in [0.25, 0.3) is 5.69 Å². The molecule has 0 bridgehead atoms. The predicted molar refractivity (Wildman–Crippen MR) is 99.7 cm³/mol. The summed E-state index contributed by atoms with van der Waals surface area (Å²) < 4.78 is 1.61. The number of benzene rings is 2. The van der Waals surface area contributed by atoms with Gasteiger partial charge in [0.2, 0.25) is 0 Å². The molecule has 0 spiro atoms. The summed E-state index contributed by atoms with van der Waals surface area (Å²) in [5, 5.41) is 11.7. The van der Waals surface area contributed by atoms with Crippen molar-refractivity contribution in [2.45, 2.75) is 27.7 Å². The van der Waals surface area contributed by atoms with Crippen LogP contribution in [0.2, 0.25) is 5.02 Å². The fourth-order valence-electron chi connectivity index (χ4n) is 2.57. The Morgan fingerprint density at radius 2 is 1.84 bits per heavy atom. The van der Waals surface area contributed by atoms with E-state index in [2.05, 4.69) is 15.6 Å². The van der Waals surface area contributed by atoms with E-state index in [-0.39, 0.29) is 11.6 Å². The zero-order valence-corrected chi connectivity index (χ0v) is 15.3. The topological polar surface area (TPSA) is 59.8 Å². The third-order valence-electron chi connectivity index (χ3n) is 4.36. The molecule has 0 atom stereocenters. The van der Waals surface area contributed by atoms with E-state index in [9.17, 15) is 4.79 Å². The molecule has 1 N–H and O–H groups in total. The van der Waals surface area contributed by atoms with Crippen LogP contribution in [0.5, 0.6) is 0 Å². The van der Waals surface area contributed by atoms with Crippen molar-refractivity contribution in [2.75, 3.05) is 5.32 Å². The molecule has 25 heavy (non-hydrogen) atoms. The van der Waals surface area contributed by atoms with E-state index in [1.807, 2.05) is 64.1 Å². The van der Waals surface area contributed by atoms with Gasteiger partial charge in [-0.3, -0.25) is 4.79 Å². The highest BCUT2D eigenvalue weighted by Crippen LogP contribution is 2.22. The number of hydrogen-bond donors (Lipinski definition) is 1. The zero-order chi connectivity index (χ0) is 18.1. The summed E-state index contributed by atoms with van der Waals surface area (Å²) in [4.78, 5) is 12.6. The van der Waals surface area contributed by atoms with Gasteiger partial charge in [0.25, 0.3) is 5.91 Å². The molecule has 1 amide bonds. The zero-order valence-electron chi connectivity index (χ0n) is 14.6. The highest BCUT2D eigenvalue weighted by molar-refractivity contribution is 6.31. The number of halogens is 1. The van der Waals surface area contributed by atoms with Gasteiger partial charge in [-0.1, -0.05) is 35.0 Å². The Labute approximate surface area is 151 Å². The molecule has 3 aromatic rings. The van der Waals surface area contributed by atoms with Crippen LogP contribution in [-0.2, 0) is 0 Å². The van der Waals surface area contributed by atoms with Crippen molar-refractivity contribution in [1.29, 1.82) is 0 Å². The second-order valence-corrected chi connectivity index (χ2v) is 6.48. The van der Waals surface area contributed by atoms with E-state index in [0.29, 0.717) is 10.7 Å². The van der Waals surface area contributed by atoms with Gasteiger partial charge in [-0.15, -0.1) is 5.10 Å². The molecule has 0 fully saturated rings. The van der Waals surface area contributed by atoms with Gasteiger partial charge in [0.1, 0.15) is 0 Å². The fourth-order valence-corrected chi connectivity index (χ4v) is 2.74. The lowest BCUT2D eigenvalue weighted by Crippen LogP contribution is -2.15. The van der Waals surface area contributed by atoms with Gasteiger partial charge < -0.3 is 5.32 Å². The highest BCUT2D eigenvalue weighted by Gasteiger charge is 2.18. The van der Waals surface area contributed by atoms with Crippen LogP contribution in [-0.4, -0.2) is 20.9 Å². The predicted octanol–water partition coefficient (Wildman–Crippen LogP) is 4.41. The van der Waals surface area contributed by atoms with E-state index >= 15 is 0 Å². The number of rotatable bonds is 3. The van der Waals surface area contributed by atoms with Crippen molar-refractivity contribution in [3.05, 3.63) is 69.5 Å². The standard InChI is InChI=1S/C19H19ClN4O/c1-11-6-5-7-17(13(11)3)21-19(25)18-14(4)24(23-22-18)15-9-8-12(2)16(20)10-15/h5-10H,1-4H3,(H,21,25). The molecule has 0 saturated heterocycles. The smallest absolute Gasteiger partial charge is 0.278 e. The van der Waals surface area contributed by atoms with Crippen LogP contribution in [0.15, 0.2) is 36.4 Å². The van der Waals surface area contributed by atoms with E-state index < -0.39 is 0 Å². The minimum absolute atomic E-state index is 0.282. The van der Waals surface area contributed by atoms with Gasteiger partial charge >= 0.3 is 0 Å². The number of aryl methyl sites for hydroxylation is 2. The summed E-state index contributed by atoms with van der Waals surface area (Å²) in [5.74, 6) is -0.282. The number of anilines is 1. The summed E-state index contributed by atoms with van der Waals surface area (Å²) in [5.41, 5.74) is 5.62. The largest absolute Gasteiger partial charge is 0.320 e. The van der Waals surface area contributed by atoms with Gasteiger partial charge in [-0.05, 0) is 62.6 Å². The first-order chi connectivity index (χ1) is 11.9. The Kier molecular flexibility index (Phi) is 4.59. The summed E-state index contributed by atoms with van der Waals surface area (Å²) in [6.07, 6.45) is 0. The van der Waals surface area contributed by atoms with Crippen LogP contribution in [0, 0.1) is 27.7 Å². The van der Waals surface area contributed by atoms with Crippen LogP contribution < -0.4 is 5.32 Å². The molecule has 0 unspecified atom stereocenters. The van der Waals surface area contributed by atoms with Crippen LogP contribution >= 0.6 is 11.6 Å². The quantitative estimate of drug-likeness (QED) is 0.758. The molecule has 3 rings (SSSR count). The van der Waals surface area contributed by atoms with Gasteiger partial charge in [-0.2, -0.15) is 0 Å². The third-order valence-corrected chi connectivity index (χ3v) is 4.77. The van der Waals surface area contributed by atoms with Crippen molar-refractivity contribution in [2.24, 2.45) is 0 Å². The number of nitrogens with zero attached hydrogens (tertiary/aromatic N) is 3. The first kappa shape index (κ1) is 17.2. The molecule has 5 nitrogen and oxygen atoms in total. The first-order valence-corrected chi connectivity index (χ1v) is 8.32. The molecule has 0 aliphatic carbocycles. The minimum atomic E-state index is -0.282. The first-order valence-electron chi connectivity index (χ1n) is 7.95. The second kappa shape index (κ2) is 6.69. The Morgan fingerprint density at radius 3 is 2.56 bits per heavy atom. The van der Waals surface area contributed by atoms with Crippen molar-refractivity contribution in [3.63, 3.8) is 0 Å². The molecule has 0 radical (unpaired) electrons. The number of carbonyl (C=O) groups is 1. The molecule has 6 heteroatoms. The lowest BCUT2D eigenvalue weighted by atomic mass is 10.1. The molecule has 128 valence electrons. The normalized spacial score (nSPS) is 10.8. The van der Waals surface area contributed by atoms with Gasteiger partial charge in [0.05, 0.1) is 11.4 Å². The number of carbonyl (C=O) groups excluding carboxylic acids is 1. The Morgan fingerprint density at radius 1 is 1.08 bits per heavy atom. The Hall–Kier alpha value is -2.66. The molecule has 1 heterocycles. The van der Waals surface area contributed by atoms with Gasteiger partial charge in [0, 0.05) is 10.7 Å². The number of nitrogens with one attached hydrogen (secondary N) is 1. The van der Waals surface area contributed by atoms with Gasteiger partial charge in [0.15, 0.2) is 5.69 Å². The summed E-state index contributed by atoms with van der Waals surface area (Å²) in [6, 6.07) is 11.4. The SMILES string of the molecule is Cc1ccc(-n2nnc(C(=O)Nc3cccc(C)c3C)c2C)cc1Cl. The average molecular weight is 355 g/mol. The monoisotopic (exact) mass is 354 g/mol. The third kappa shape index (κ3) is 3.28. The van der Waals surface area contributed by atoms with Crippen molar-refractivity contribution >= 4 is 23.2 Å². The van der Waals surface area contributed by atoms with Crippen molar-refractivity contribution < 1.29 is 4.79 Å². The lowest BCUT2D eigenvalue weighted by molar-refractivity contribution is 0.102. The highest BCUT2D eigenvalue weighted by atomic mass is 35.5.